The van der Waals surface area contributed by atoms with Gasteiger partial charge < -0.3 is 22.3 Å². The Balaban J connectivity index is 1.29. The van der Waals surface area contributed by atoms with Crippen LogP contribution in [0.1, 0.15) is 0 Å². The Morgan fingerprint density at radius 1 is 0.568 bits per heavy atom. The van der Waals surface area contributed by atoms with E-state index in [0.29, 0.717) is 6.07 Å². The first kappa shape index (κ1) is 56.7. The molecule has 0 fully saturated rings. The van der Waals surface area contributed by atoms with Gasteiger partial charge in [0.1, 0.15) is 37.4 Å². The molecule has 6 aromatic carbocycles. The van der Waals surface area contributed by atoms with Crippen LogP contribution >= 0.6 is 24.4 Å². The van der Waals surface area contributed by atoms with Crippen molar-refractivity contribution in [3.8, 4) is 5.75 Å². The molecule has 0 unspecified atom stereocenters. The van der Waals surface area contributed by atoms with E-state index in [9.17, 15) is 60.9 Å². The predicted octanol–water partition coefficient (Wildman–Crippen LogP) is 7.28. The minimum Gasteiger partial charge on any atom is -0.505 e. The fourth-order valence-electron chi connectivity index (χ4n) is 6.07. The highest BCUT2D eigenvalue weighted by molar-refractivity contribution is 7.94. The van der Waals surface area contributed by atoms with Gasteiger partial charge in [-0.15, -0.1) is 29.1 Å². The van der Waals surface area contributed by atoms with E-state index < -0.39 is 116 Å². The molecule has 0 saturated heterocycles. The number of aromatic hydroxyl groups is 1. The second-order valence-corrected chi connectivity index (χ2v) is 23.3. The Hall–Kier alpha value is -6.57. The van der Waals surface area contributed by atoms with Gasteiger partial charge in [0.25, 0.3) is 40.4 Å². The van der Waals surface area contributed by atoms with Gasteiger partial charge in [-0.05, 0) is 96.4 Å². The predicted molar refractivity (Wildman–Crippen MR) is 258 cm³/mol. The van der Waals surface area contributed by atoms with E-state index in [1.165, 1.54) is 24.3 Å². The number of nitrogen functional groups attached to an aromatic ring is 3. The third-order valence-corrected chi connectivity index (χ3v) is 16.1. The SMILES string of the molecule is Nc1cc(N)c(S(=O)(=O)O)cc1N=Nc1ccc(NS(=O)(=O)c2ccc(N=Nc3c(S(=O)(=O)O)cc4cc(SOOO)c(N=Nc5ccc(S(=O)(=O)CCOSOOO)cc5S(=O)(=O)O)c(O)c4c3N)cc2)cc1. The second-order valence-electron chi connectivity index (χ2n) is 14.1. The van der Waals surface area contributed by atoms with Gasteiger partial charge >= 0.3 is 0 Å². The minimum absolute atomic E-state index is 0.0537. The molecule has 0 heterocycles. The molecule has 38 heteroatoms. The van der Waals surface area contributed by atoms with Gasteiger partial charge in [-0.2, -0.15) is 35.5 Å². The van der Waals surface area contributed by atoms with Crippen LogP contribution in [-0.2, 0) is 73.1 Å². The van der Waals surface area contributed by atoms with Crippen LogP contribution in [0.2, 0.25) is 0 Å². The maximum Gasteiger partial charge on any atom is 0.296 e. The molecule has 0 saturated carbocycles. The van der Waals surface area contributed by atoms with Crippen LogP contribution in [0, 0.1) is 0 Å². The molecule has 31 nitrogen and oxygen atoms in total. The molecule has 0 aliphatic carbocycles. The monoisotopic (exact) mass is 1160 g/mol. The Bertz CT molecular complexity index is 3820. The highest BCUT2D eigenvalue weighted by Crippen LogP contribution is 2.50. The van der Waals surface area contributed by atoms with E-state index >= 15 is 0 Å². The van der Waals surface area contributed by atoms with Crippen molar-refractivity contribution in [2.75, 3.05) is 34.3 Å². The van der Waals surface area contributed by atoms with Crippen molar-refractivity contribution >= 4 is 142 Å². The van der Waals surface area contributed by atoms with Crippen molar-refractivity contribution < 1.29 is 94.3 Å². The number of rotatable bonds is 22. The number of sulfonamides is 1. The standard InChI is InChI=1S/C36H32N10O21S7/c37-24-16-25(38)29(72(54,55)56)17-27(24)43-40-19-1-3-21(4-2-19)46-71(52,53)22-7-5-20(6-8-22)41-45-35-31(74(60,61)62)14-18-13-28(68-66-64-48)34(36(47)32(18)33(35)39)44-42-26-10-9-23(15-30(26)73(57,58)59)70(50,51)12-11-63-69-67-65-49/h1-10,13-17,46-49H,11-12,37-39H2,(H,54,55,56)(H,57,58,59)(H,60,61,62). The third kappa shape index (κ3) is 13.8. The molecule has 0 bridgehead atoms. The molecule has 0 spiro atoms. The molecule has 0 atom stereocenters. The first-order valence-corrected chi connectivity index (χ1v) is 28.0. The quantitative estimate of drug-likeness (QED) is 0.00606. The number of nitrogens with zero attached hydrogens (tertiary/aromatic N) is 6. The smallest absolute Gasteiger partial charge is 0.296 e. The van der Waals surface area contributed by atoms with Gasteiger partial charge in [0.2, 0.25) is 0 Å². The number of nitrogens with two attached hydrogens (primary N) is 3. The number of nitrogens with one attached hydrogen (secondary N) is 1. The molecule has 13 N–H and O–H groups in total. The zero-order chi connectivity index (χ0) is 54.4. The van der Waals surface area contributed by atoms with E-state index in [-0.39, 0.29) is 73.7 Å². The van der Waals surface area contributed by atoms with Crippen molar-refractivity contribution in [1.82, 2.24) is 0 Å². The average molecular weight is 1170 g/mol. The topological polar surface area (TPSA) is 502 Å². The highest BCUT2D eigenvalue weighted by Gasteiger charge is 2.27. The molecule has 74 heavy (non-hydrogen) atoms. The van der Waals surface area contributed by atoms with Gasteiger partial charge in [0, 0.05) is 5.69 Å². The number of fused-ring (bicyclic) bond motifs is 1. The second kappa shape index (κ2) is 22.9. The Morgan fingerprint density at radius 3 is 1.74 bits per heavy atom. The molecular weight excluding hydrogens is 1130 g/mol. The number of anilines is 4. The molecule has 394 valence electrons. The lowest BCUT2D eigenvalue weighted by Crippen LogP contribution is -2.12. The van der Waals surface area contributed by atoms with E-state index in [2.05, 4.69) is 54.2 Å². The van der Waals surface area contributed by atoms with Crippen molar-refractivity contribution in [2.45, 2.75) is 29.4 Å². The lowest BCUT2D eigenvalue weighted by Gasteiger charge is -2.14. The first-order chi connectivity index (χ1) is 34.6. The van der Waals surface area contributed by atoms with E-state index in [1.54, 1.807) is 0 Å². The number of hydrogen-bond donors (Lipinski definition) is 10. The lowest BCUT2D eigenvalue weighted by atomic mass is 10.1. The molecule has 0 aliphatic rings. The molecule has 0 aliphatic heterocycles. The van der Waals surface area contributed by atoms with E-state index in [1.807, 2.05) is 0 Å². The lowest BCUT2D eigenvalue weighted by molar-refractivity contribution is -0.434. The summed E-state index contributed by atoms with van der Waals surface area (Å²) in [5.74, 6) is -1.73. The number of phenols is 1. The summed E-state index contributed by atoms with van der Waals surface area (Å²) in [5.41, 5.74) is 14.5. The molecule has 6 aromatic rings. The zero-order valence-electron chi connectivity index (χ0n) is 36.2. The average Bonchev–Trinajstić information content (AvgIpc) is 3.31. The van der Waals surface area contributed by atoms with Crippen molar-refractivity contribution in [3.63, 3.8) is 0 Å². The van der Waals surface area contributed by atoms with Crippen molar-refractivity contribution in [2.24, 2.45) is 30.7 Å². The van der Waals surface area contributed by atoms with Crippen molar-refractivity contribution in [3.05, 3.63) is 91.0 Å². The number of sulfone groups is 1. The van der Waals surface area contributed by atoms with Gasteiger partial charge in [-0.3, -0.25) is 22.6 Å². The van der Waals surface area contributed by atoms with Gasteiger partial charge in [-0.1, -0.05) is 10.1 Å². The van der Waals surface area contributed by atoms with Gasteiger partial charge in [-0.25, -0.2) is 27.4 Å². The van der Waals surface area contributed by atoms with Crippen LogP contribution in [0.4, 0.5) is 56.9 Å². The normalized spacial score (nSPS) is 12.9. The van der Waals surface area contributed by atoms with Crippen LogP contribution < -0.4 is 21.9 Å². The summed E-state index contributed by atoms with van der Waals surface area (Å²) in [6.45, 7) is -0.560. The zero-order valence-corrected chi connectivity index (χ0v) is 41.9. The van der Waals surface area contributed by atoms with Gasteiger partial charge in [0.15, 0.2) is 27.9 Å². The summed E-state index contributed by atoms with van der Waals surface area (Å²) in [4.78, 5) is -4.03. The summed E-state index contributed by atoms with van der Waals surface area (Å²) < 4.78 is 171. The third-order valence-electron chi connectivity index (χ3n) is 9.36. The van der Waals surface area contributed by atoms with E-state index in [4.69, 9.17) is 31.9 Å². The molecular formula is C36H32N10O21S7. The van der Waals surface area contributed by atoms with Crippen LogP contribution in [0.25, 0.3) is 10.8 Å². The fraction of sp³-hybridized carbons (Fsp3) is 0.0556. The summed E-state index contributed by atoms with van der Waals surface area (Å²) in [6, 6.07) is 15.8. The summed E-state index contributed by atoms with van der Waals surface area (Å²) in [5, 5.41) is 57.8. The molecule has 0 radical (unpaired) electrons. The highest BCUT2D eigenvalue weighted by atomic mass is 32.2. The number of phenolic OH excluding ortho intramolecular Hbond substituents is 1. The molecule has 6 rings (SSSR count). The number of azo groups is 3. The van der Waals surface area contributed by atoms with Crippen LogP contribution in [-0.4, -0.2) is 83.7 Å². The maximum atomic E-state index is 13.3. The Labute approximate surface area is 425 Å². The number of benzene rings is 6. The van der Waals surface area contributed by atoms with Gasteiger partial charge in [0.05, 0.1) is 72.9 Å². The Kier molecular flexibility index (Phi) is 17.6. The minimum atomic E-state index is -5.27. The summed E-state index contributed by atoms with van der Waals surface area (Å²) in [7, 11) is -23.8. The van der Waals surface area contributed by atoms with Crippen LogP contribution in [0.3, 0.4) is 0 Å². The molecule has 0 amide bonds. The van der Waals surface area contributed by atoms with Crippen LogP contribution in [0.5, 0.6) is 5.75 Å². The summed E-state index contributed by atoms with van der Waals surface area (Å²) >= 11 is 0.196. The first-order valence-electron chi connectivity index (χ1n) is 19.1. The molecule has 0 aromatic heterocycles. The van der Waals surface area contributed by atoms with Crippen LogP contribution in [0.15, 0.2) is 151 Å². The maximum absolute atomic E-state index is 13.3. The van der Waals surface area contributed by atoms with Crippen molar-refractivity contribution in [1.29, 1.82) is 0 Å². The largest absolute Gasteiger partial charge is 0.505 e. The Morgan fingerprint density at radius 2 is 1.14 bits per heavy atom. The number of hydrogen-bond acceptors (Lipinski definition) is 29. The summed E-state index contributed by atoms with van der Waals surface area (Å²) in [6.07, 6.45) is 0. The fourth-order valence-corrected chi connectivity index (χ4v) is 11.1. The van der Waals surface area contributed by atoms with E-state index in [0.717, 1.165) is 60.7 Å².